The van der Waals surface area contributed by atoms with Crippen LogP contribution in [0.5, 0.6) is 17.2 Å². The molecule has 0 aliphatic rings. The fraction of sp³-hybridized carbons (Fsp3) is 0.238. The van der Waals surface area contributed by atoms with Crippen LogP contribution >= 0.6 is 11.3 Å². The molecule has 0 spiro atoms. The number of amides is 1. The van der Waals surface area contributed by atoms with Crippen LogP contribution in [-0.2, 0) is 6.54 Å². The smallest absolute Gasteiger partial charge is 0.263 e. The lowest BCUT2D eigenvalue weighted by Crippen LogP contribution is -2.22. The first-order valence-corrected chi connectivity index (χ1v) is 9.48. The van der Waals surface area contributed by atoms with E-state index in [1.165, 1.54) is 11.3 Å². The van der Waals surface area contributed by atoms with Gasteiger partial charge >= 0.3 is 0 Å². The molecule has 146 valence electrons. The number of carbonyl (C=O) groups excluding carboxylic acids is 1. The second kappa shape index (κ2) is 8.75. The third-order valence-electron chi connectivity index (χ3n) is 4.24. The van der Waals surface area contributed by atoms with Crippen LogP contribution in [-0.4, -0.2) is 32.2 Å². The molecule has 28 heavy (non-hydrogen) atoms. The summed E-state index contributed by atoms with van der Waals surface area (Å²) in [6.07, 6.45) is 0. The molecule has 0 unspecified atom stereocenters. The molecule has 0 fully saturated rings. The standard InChI is InChI=1S/C21H22N2O4S/c1-13-19(28-21(23-13)15-6-8-16(25-2)9-7-15)20(24)22-12-14-5-10-17(26-3)18(11-14)27-4/h5-11H,12H2,1-4H3,(H,22,24). The summed E-state index contributed by atoms with van der Waals surface area (Å²) in [7, 11) is 4.80. The number of thiazole rings is 1. The van der Waals surface area contributed by atoms with Gasteiger partial charge in [-0.15, -0.1) is 11.3 Å². The number of nitrogens with one attached hydrogen (secondary N) is 1. The number of ether oxygens (including phenoxy) is 3. The topological polar surface area (TPSA) is 69.7 Å². The first kappa shape index (κ1) is 19.7. The Kier molecular flexibility index (Phi) is 6.16. The highest BCUT2D eigenvalue weighted by atomic mass is 32.1. The van der Waals surface area contributed by atoms with Crippen LogP contribution in [0.15, 0.2) is 42.5 Å². The van der Waals surface area contributed by atoms with E-state index in [-0.39, 0.29) is 5.91 Å². The largest absolute Gasteiger partial charge is 0.497 e. The molecule has 3 rings (SSSR count). The van der Waals surface area contributed by atoms with E-state index >= 15 is 0 Å². The average molecular weight is 398 g/mol. The molecule has 0 saturated heterocycles. The summed E-state index contributed by atoms with van der Waals surface area (Å²) in [6.45, 7) is 2.23. The van der Waals surface area contributed by atoms with Crippen molar-refractivity contribution in [3.05, 3.63) is 58.6 Å². The van der Waals surface area contributed by atoms with Crippen molar-refractivity contribution >= 4 is 17.2 Å². The van der Waals surface area contributed by atoms with E-state index in [9.17, 15) is 4.79 Å². The molecule has 1 heterocycles. The van der Waals surface area contributed by atoms with Gasteiger partial charge in [-0.1, -0.05) is 6.07 Å². The third kappa shape index (κ3) is 4.26. The lowest BCUT2D eigenvalue weighted by molar-refractivity contribution is 0.0954. The summed E-state index contributed by atoms with van der Waals surface area (Å²) < 4.78 is 15.7. The van der Waals surface area contributed by atoms with E-state index in [0.29, 0.717) is 28.6 Å². The summed E-state index contributed by atoms with van der Waals surface area (Å²) in [6, 6.07) is 13.2. The normalized spacial score (nSPS) is 10.4. The van der Waals surface area contributed by atoms with Crippen molar-refractivity contribution in [2.75, 3.05) is 21.3 Å². The first-order valence-electron chi connectivity index (χ1n) is 8.66. The lowest BCUT2D eigenvalue weighted by atomic mass is 10.2. The van der Waals surface area contributed by atoms with Gasteiger partial charge in [-0.05, 0) is 48.9 Å². The molecule has 1 aromatic heterocycles. The van der Waals surface area contributed by atoms with Crippen LogP contribution in [0.4, 0.5) is 0 Å². The van der Waals surface area contributed by atoms with Gasteiger partial charge in [0.1, 0.15) is 15.6 Å². The van der Waals surface area contributed by atoms with Gasteiger partial charge in [-0.2, -0.15) is 0 Å². The summed E-state index contributed by atoms with van der Waals surface area (Å²) in [5, 5.41) is 3.75. The average Bonchev–Trinajstić information content (AvgIpc) is 3.13. The van der Waals surface area contributed by atoms with E-state index in [1.807, 2.05) is 49.4 Å². The molecule has 7 heteroatoms. The van der Waals surface area contributed by atoms with E-state index < -0.39 is 0 Å². The maximum absolute atomic E-state index is 12.6. The molecule has 0 radical (unpaired) electrons. The molecule has 3 aromatic rings. The molecular weight excluding hydrogens is 376 g/mol. The number of benzene rings is 2. The van der Waals surface area contributed by atoms with E-state index in [4.69, 9.17) is 14.2 Å². The molecule has 0 saturated carbocycles. The maximum Gasteiger partial charge on any atom is 0.263 e. The van der Waals surface area contributed by atoms with Crippen LogP contribution < -0.4 is 19.5 Å². The Hall–Kier alpha value is -3.06. The van der Waals surface area contributed by atoms with E-state index in [0.717, 1.165) is 21.9 Å². The number of nitrogens with zero attached hydrogens (tertiary/aromatic N) is 1. The Morgan fingerprint density at radius 3 is 2.36 bits per heavy atom. The Labute approximate surface area is 168 Å². The van der Waals surface area contributed by atoms with E-state index in [2.05, 4.69) is 10.3 Å². The molecular formula is C21H22N2O4S. The first-order chi connectivity index (χ1) is 13.5. The van der Waals surface area contributed by atoms with Crippen molar-refractivity contribution in [1.29, 1.82) is 0 Å². The lowest BCUT2D eigenvalue weighted by Gasteiger charge is -2.10. The molecule has 0 bridgehead atoms. The van der Waals surface area contributed by atoms with Crippen LogP contribution in [0.1, 0.15) is 20.9 Å². The van der Waals surface area contributed by atoms with Crippen LogP contribution in [0.2, 0.25) is 0 Å². The van der Waals surface area contributed by atoms with Gasteiger partial charge in [0.25, 0.3) is 5.91 Å². The Bertz CT molecular complexity index is 967. The Morgan fingerprint density at radius 2 is 1.71 bits per heavy atom. The van der Waals surface area contributed by atoms with Crippen molar-refractivity contribution in [2.45, 2.75) is 13.5 Å². The number of aromatic nitrogens is 1. The number of aryl methyl sites for hydroxylation is 1. The summed E-state index contributed by atoms with van der Waals surface area (Å²) in [5.74, 6) is 1.92. The van der Waals surface area contributed by atoms with Gasteiger partial charge in [0, 0.05) is 12.1 Å². The number of hydrogen-bond donors (Lipinski definition) is 1. The molecule has 2 aromatic carbocycles. The highest BCUT2D eigenvalue weighted by Crippen LogP contribution is 2.30. The van der Waals surface area contributed by atoms with Crippen molar-refractivity contribution in [3.8, 4) is 27.8 Å². The number of hydrogen-bond acceptors (Lipinski definition) is 6. The zero-order valence-corrected chi connectivity index (χ0v) is 17.1. The summed E-state index contributed by atoms with van der Waals surface area (Å²) in [4.78, 5) is 17.8. The second-order valence-electron chi connectivity index (χ2n) is 6.03. The molecule has 0 atom stereocenters. The summed E-state index contributed by atoms with van der Waals surface area (Å²) >= 11 is 1.37. The maximum atomic E-state index is 12.6. The van der Waals surface area contributed by atoms with Gasteiger partial charge in [0.05, 0.1) is 27.0 Å². The molecule has 0 aliphatic carbocycles. The van der Waals surface area contributed by atoms with Crippen LogP contribution in [0.25, 0.3) is 10.6 Å². The van der Waals surface area contributed by atoms with E-state index in [1.54, 1.807) is 21.3 Å². The monoisotopic (exact) mass is 398 g/mol. The van der Waals surface area contributed by atoms with Crippen LogP contribution in [0.3, 0.4) is 0 Å². The zero-order chi connectivity index (χ0) is 20.1. The number of carbonyl (C=O) groups is 1. The zero-order valence-electron chi connectivity index (χ0n) is 16.2. The fourth-order valence-electron chi connectivity index (χ4n) is 2.72. The highest BCUT2D eigenvalue weighted by Gasteiger charge is 2.16. The van der Waals surface area contributed by atoms with Crippen molar-refractivity contribution in [2.24, 2.45) is 0 Å². The molecule has 0 aliphatic heterocycles. The predicted molar refractivity (Wildman–Crippen MR) is 110 cm³/mol. The van der Waals surface area contributed by atoms with Gasteiger partial charge in [-0.25, -0.2) is 4.98 Å². The van der Waals surface area contributed by atoms with Gasteiger partial charge in [-0.3, -0.25) is 4.79 Å². The minimum atomic E-state index is -0.149. The second-order valence-corrected chi connectivity index (χ2v) is 7.03. The molecule has 6 nitrogen and oxygen atoms in total. The third-order valence-corrected chi connectivity index (χ3v) is 5.45. The van der Waals surface area contributed by atoms with Crippen molar-refractivity contribution in [3.63, 3.8) is 0 Å². The highest BCUT2D eigenvalue weighted by molar-refractivity contribution is 7.17. The van der Waals surface area contributed by atoms with Crippen molar-refractivity contribution < 1.29 is 19.0 Å². The fourth-order valence-corrected chi connectivity index (χ4v) is 3.71. The Balaban J connectivity index is 1.71. The summed E-state index contributed by atoms with van der Waals surface area (Å²) in [5.41, 5.74) is 2.58. The van der Waals surface area contributed by atoms with Crippen molar-refractivity contribution in [1.82, 2.24) is 10.3 Å². The predicted octanol–water partition coefficient (Wildman–Crippen LogP) is 4.07. The number of rotatable bonds is 7. The van der Waals surface area contributed by atoms with Gasteiger partial charge < -0.3 is 19.5 Å². The SMILES string of the molecule is COc1ccc(-c2nc(C)c(C(=O)NCc3ccc(OC)c(OC)c3)s2)cc1. The number of methoxy groups -OCH3 is 3. The molecule has 1 amide bonds. The van der Waals surface area contributed by atoms with Crippen LogP contribution in [0, 0.1) is 6.92 Å². The minimum absolute atomic E-state index is 0.149. The molecule has 1 N–H and O–H groups in total. The van der Waals surface area contributed by atoms with Gasteiger partial charge in [0.15, 0.2) is 11.5 Å². The quantitative estimate of drug-likeness (QED) is 0.650. The minimum Gasteiger partial charge on any atom is -0.497 e. The Morgan fingerprint density at radius 1 is 1.00 bits per heavy atom. The van der Waals surface area contributed by atoms with Gasteiger partial charge in [0.2, 0.25) is 0 Å².